The van der Waals surface area contributed by atoms with Crippen LogP contribution in [0.2, 0.25) is 0 Å². The zero-order chi connectivity index (χ0) is 10.7. The average Bonchev–Trinajstić information content (AvgIpc) is 2.44. The SMILES string of the molecule is CCC(C)C(N)Cc1cc(C)nn1C. The number of aromatic nitrogens is 2. The molecule has 0 fully saturated rings. The van der Waals surface area contributed by atoms with Gasteiger partial charge in [0, 0.05) is 25.2 Å². The Morgan fingerprint density at radius 1 is 1.57 bits per heavy atom. The minimum Gasteiger partial charge on any atom is -0.327 e. The Morgan fingerprint density at radius 3 is 2.64 bits per heavy atom. The van der Waals surface area contributed by atoms with Gasteiger partial charge in [-0.15, -0.1) is 0 Å². The molecular weight excluding hydrogens is 174 g/mol. The fourth-order valence-electron chi connectivity index (χ4n) is 1.60. The molecule has 0 aliphatic carbocycles. The molecule has 2 N–H and O–H groups in total. The summed E-state index contributed by atoms with van der Waals surface area (Å²) < 4.78 is 1.93. The van der Waals surface area contributed by atoms with Crippen molar-refractivity contribution in [1.29, 1.82) is 0 Å². The highest BCUT2D eigenvalue weighted by molar-refractivity contribution is 5.10. The van der Waals surface area contributed by atoms with Crippen molar-refractivity contribution in [2.24, 2.45) is 18.7 Å². The third-order valence-corrected chi connectivity index (χ3v) is 2.92. The smallest absolute Gasteiger partial charge is 0.0596 e. The van der Waals surface area contributed by atoms with Gasteiger partial charge >= 0.3 is 0 Å². The van der Waals surface area contributed by atoms with Crippen molar-refractivity contribution in [1.82, 2.24) is 9.78 Å². The lowest BCUT2D eigenvalue weighted by molar-refractivity contribution is 0.431. The maximum Gasteiger partial charge on any atom is 0.0596 e. The molecule has 2 atom stereocenters. The highest BCUT2D eigenvalue weighted by atomic mass is 15.3. The molecule has 1 rings (SSSR count). The number of nitrogens with zero attached hydrogens (tertiary/aromatic N) is 2. The van der Waals surface area contributed by atoms with Crippen molar-refractivity contribution >= 4 is 0 Å². The zero-order valence-corrected chi connectivity index (χ0v) is 9.62. The first-order chi connectivity index (χ1) is 6.54. The Morgan fingerprint density at radius 2 is 2.21 bits per heavy atom. The minimum absolute atomic E-state index is 0.245. The summed E-state index contributed by atoms with van der Waals surface area (Å²) in [7, 11) is 1.98. The van der Waals surface area contributed by atoms with E-state index in [0.717, 1.165) is 18.5 Å². The van der Waals surface area contributed by atoms with Crippen LogP contribution in [-0.4, -0.2) is 15.8 Å². The van der Waals surface area contributed by atoms with Gasteiger partial charge in [-0.3, -0.25) is 4.68 Å². The molecule has 2 unspecified atom stereocenters. The van der Waals surface area contributed by atoms with Gasteiger partial charge in [-0.05, 0) is 18.9 Å². The summed E-state index contributed by atoms with van der Waals surface area (Å²) in [6, 6.07) is 2.36. The Balaban J connectivity index is 2.64. The first-order valence-corrected chi connectivity index (χ1v) is 5.29. The molecule has 3 nitrogen and oxygen atoms in total. The molecule has 0 saturated heterocycles. The van der Waals surface area contributed by atoms with Crippen molar-refractivity contribution in [3.8, 4) is 0 Å². The number of aryl methyl sites for hydroxylation is 2. The number of hydrogen-bond acceptors (Lipinski definition) is 2. The molecule has 0 aromatic carbocycles. The summed E-state index contributed by atoms with van der Waals surface area (Å²) >= 11 is 0. The first kappa shape index (κ1) is 11.2. The average molecular weight is 195 g/mol. The van der Waals surface area contributed by atoms with Crippen LogP contribution in [-0.2, 0) is 13.5 Å². The van der Waals surface area contributed by atoms with Crippen molar-refractivity contribution in [3.63, 3.8) is 0 Å². The van der Waals surface area contributed by atoms with Crippen LogP contribution in [0.15, 0.2) is 6.07 Å². The zero-order valence-electron chi connectivity index (χ0n) is 9.62. The summed E-state index contributed by atoms with van der Waals surface area (Å²) in [5.74, 6) is 0.574. The number of hydrogen-bond donors (Lipinski definition) is 1. The Bertz CT molecular complexity index is 291. The Hall–Kier alpha value is -0.830. The number of nitrogens with two attached hydrogens (primary N) is 1. The van der Waals surface area contributed by atoms with Crippen molar-refractivity contribution in [2.75, 3.05) is 0 Å². The van der Waals surface area contributed by atoms with Gasteiger partial charge in [0.15, 0.2) is 0 Å². The molecule has 1 heterocycles. The summed E-state index contributed by atoms with van der Waals surface area (Å²) in [5.41, 5.74) is 8.40. The second-order valence-corrected chi connectivity index (χ2v) is 4.15. The van der Waals surface area contributed by atoms with E-state index in [1.165, 1.54) is 5.69 Å². The van der Waals surface area contributed by atoms with E-state index in [-0.39, 0.29) is 6.04 Å². The molecule has 0 amide bonds. The van der Waals surface area contributed by atoms with Crippen LogP contribution in [0.25, 0.3) is 0 Å². The quantitative estimate of drug-likeness (QED) is 0.793. The van der Waals surface area contributed by atoms with Gasteiger partial charge < -0.3 is 5.73 Å². The van der Waals surface area contributed by atoms with E-state index in [9.17, 15) is 0 Å². The Labute approximate surface area is 86.3 Å². The normalized spacial score (nSPS) is 15.5. The van der Waals surface area contributed by atoms with Crippen molar-refractivity contribution in [2.45, 2.75) is 39.7 Å². The van der Waals surface area contributed by atoms with Gasteiger partial charge in [0.1, 0.15) is 0 Å². The predicted molar refractivity (Wildman–Crippen MR) is 59.1 cm³/mol. The third-order valence-electron chi connectivity index (χ3n) is 2.92. The van der Waals surface area contributed by atoms with Gasteiger partial charge in [-0.25, -0.2) is 0 Å². The van der Waals surface area contributed by atoms with Crippen LogP contribution in [0.3, 0.4) is 0 Å². The standard InChI is InChI=1S/C11H21N3/c1-5-8(2)11(12)7-10-6-9(3)13-14(10)4/h6,8,11H,5,7,12H2,1-4H3. The van der Waals surface area contributed by atoms with Crippen LogP contribution in [0, 0.1) is 12.8 Å². The summed E-state index contributed by atoms with van der Waals surface area (Å²) in [4.78, 5) is 0. The molecule has 0 bridgehead atoms. The van der Waals surface area contributed by atoms with Gasteiger partial charge in [0.25, 0.3) is 0 Å². The molecule has 0 spiro atoms. The highest BCUT2D eigenvalue weighted by Gasteiger charge is 2.13. The summed E-state index contributed by atoms with van der Waals surface area (Å²) in [5, 5.41) is 4.31. The van der Waals surface area contributed by atoms with E-state index >= 15 is 0 Å². The molecule has 0 aliphatic rings. The van der Waals surface area contributed by atoms with Gasteiger partial charge in [0.05, 0.1) is 5.69 Å². The summed E-state index contributed by atoms with van der Waals surface area (Å²) in [6.07, 6.45) is 2.06. The number of rotatable bonds is 4. The van der Waals surface area contributed by atoms with Crippen LogP contribution in [0.4, 0.5) is 0 Å². The van der Waals surface area contributed by atoms with E-state index in [1.807, 2.05) is 18.7 Å². The molecule has 0 aliphatic heterocycles. The van der Waals surface area contributed by atoms with Crippen LogP contribution in [0.1, 0.15) is 31.7 Å². The fourth-order valence-corrected chi connectivity index (χ4v) is 1.60. The van der Waals surface area contributed by atoms with E-state index < -0.39 is 0 Å². The van der Waals surface area contributed by atoms with E-state index in [4.69, 9.17) is 5.73 Å². The highest BCUT2D eigenvalue weighted by Crippen LogP contribution is 2.12. The van der Waals surface area contributed by atoms with Gasteiger partial charge in [0.2, 0.25) is 0 Å². The van der Waals surface area contributed by atoms with Crippen LogP contribution >= 0.6 is 0 Å². The first-order valence-electron chi connectivity index (χ1n) is 5.29. The third kappa shape index (κ3) is 2.58. The lowest BCUT2D eigenvalue weighted by Gasteiger charge is -2.17. The maximum absolute atomic E-state index is 6.10. The molecule has 3 heteroatoms. The molecule has 1 aromatic rings. The Kier molecular flexibility index (Phi) is 3.69. The van der Waals surface area contributed by atoms with E-state index in [1.54, 1.807) is 0 Å². The van der Waals surface area contributed by atoms with Crippen LogP contribution < -0.4 is 5.73 Å². The predicted octanol–water partition coefficient (Wildman–Crippen LogP) is 1.64. The van der Waals surface area contributed by atoms with Gasteiger partial charge in [-0.1, -0.05) is 20.3 Å². The lowest BCUT2D eigenvalue weighted by atomic mass is 9.96. The summed E-state index contributed by atoms with van der Waals surface area (Å²) in [6.45, 7) is 6.39. The minimum atomic E-state index is 0.245. The fraction of sp³-hybridized carbons (Fsp3) is 0.727. The largest absolute Gasteiger partial charge is 0.327 e. The van der Waals surface area contributed by atoms with E-state index in [0.29, 0.717) is 5.92 Å². The van der Waals surface area contributed by atoms with Crippen molar-refractivity contribution < 1.29 is 0 Å². The molecule has 0 saturated carbocycles. The monoisotopic (exact) mass is 195 g/mol. The molecule has 0 radical (unpaired) electrons. The second-order valence-electron chi connectivity index (χ2n) is 4.15. The second kappa shape index (κ2) is 4.60. The molecule has 80 valence electrons. The topological polar surface area (TPSA) is 43.8 Å². The maximum atomic E-state index is 6.10. The molecule has 14 heavy (non-hydrogen) atoms. The van der Waals surface area contributed by atoms with E-state index in [2.05, 4.69) is 25.0 Å². The van der Waals surface area contributed by atoms with Crippen LogP contribution in [0.5, 0.6) is 0 Å². The lowest BCUT2D eigenvalue weighted by Crippen LogP contribution is -2.30. The van der Waals surface area contributed by atoms with Crippen molar-refractivity contribution in [3.05, 3.63) is 17.5 Å². The molecule has 1 aromatic heterocycles. The van der Waals surface area contributed by atoms with Gasteiger partial charge in [-0.2, -0.15) is 5.10 Å². The molecular formula is C11H21N3.